The summed E-state index contributed by atoms with van der Waals surface area (Å²) >= 11 is 0. The highest BCUT2D eigenvalue weighted by Gasteiger charge is 2.29. The first-order chi connectivity index (χ1) is 6.18. The fourth-order valence-electron chi connectivity index (χ4n) is 1.27. The number of hydrogen-bond acceptors (Lipinski definition) is 4. The van der Waals surface area contributed by atoms with E-state index in [0.29, 0.717) is 6.54 Å². The molecule has 14 heavy (non-hydrogen) atoms. The van der Waals surface area contributed by atoms with Crippen LogP contribution in [-0.2, 0) is 9.53 Å². The summed E-state index contributed by atoms with van der Waals surface area (Å²) in [5, 5.41) is 3.09. The highest BCUT2D eigenvalue weighted by molar-refractivity contribution is 5.85. The Bertz CT molecular complexity index is 253. The van der Waals surface area contributed by atoms with E-state index < -0.39 is 5.72 Å². The molecule has 0 radical (unpaired) electrons. The number of dihydropyridines is 1. The molecule has 1 atom stereocenters. The van der Waals surface area contributed by atoms with Gasteiger partial charge in [0, 0.05) is 13.1 Å². The molecule has 1 rings (SSSR count). The Morgan fingerprint density at radius 2 is 2.43 bits per heavy atom. The predicted octanol–water partition coefficient (Wildman–Crippen LogP) is 0.918. The van der Waals surface area contributed by atoms with E-state index >= 15 is 0 Å². The number of nitrogens with one attached hydrogen (secondary N) is 1. The zero-order valence-corrected chi connectivity index (χ0v) is 9.13. The normalized spacial score (nSPS) is 24.1. The first-order valence-electron chi connectivity index (χ1n) is 4.31. The molecule has 0 aromatic rings. The van der Waals surface area contributed by atoms with Crippen molar-refractivity contribution < 1.29 is 9.53 Å². The van der Waals surface area contributed by atoms with Gasteiger partial charge in [-0.25, -0.2) is 0 Å². The van der Waals surface area contributed by atoms with E-state index in [1.807, 2.05) is 13.0 Å². The Labute approximate surface area is 89.8 Å². The van der Waals surface area contributed by atoms with Crippen LogP contribution >= 0.6 is 12.4 Å². The smallest absolute Gasteiger partial charge is 0.304 e. The average molecular weight is 219 g/mol. The van der Waals surface area contributed by atoms with Gasteiger partial charge >= 0.3 is 5.97 Å². The van der Waals surface area contributed by atoms with Crippen LogP contribution in [0.3, 0.4) is 0 Å². The number of allylic oxidation sites excluding steroid dienone is 1. The maximum absolute atomic E-state index is 10.8. The van der Waals surface area contributed by atoms with E-state index in [9.17, 15) is 4.79 Å². The molecule has 1 N–H and O–H groups in total. The van der Waals surface area contributed by atoms with Crippen LogP contribution in [0.5, 0.6) is 0 Å². The van der Waals surface area contributed by atoms with E-state index in [1.54, 1.807) is 12.3 Å². The first-order valence-corrected chi connectivity index (χ1v) is 4.31. The lowest BCUT2D eigenvalue weighted by Gasteiger charge is -2.30. The van der Waals surface area contributed by atoms with Crippen molar-refractivity contribution in [3.05, 3.63) is 12.2 Å². The maximum Gasteiger partial charge on any atom is 0.304 e. The van der Waals surface area contributed by atoms with Gasteiger partial charge in [-0.2, -0.15) is 0 Å². The second kappa shape index (κ2) is 5.78. The van der Waals surface area contributed by atoms with Gasteiger partial charge < -0.3 is 4.74 Å². The molecule has 0 aromatic heterocycles. The fourth-order valence-corrected chi connectivity index (χ4v) is 1.27. The number of nitrogens with zero attached hydrogens (tertiary/aromatic N) is 1. The Morgan fingerprint density at radius 3 is 2.86 bits per heavy atom. The molecular weight excluding hydrogens is 204 g/mol. The van der Waals surface area contributed by atoms with Gasteiger partial charge in [-0.15, -0.1) is 12.4 Å². The Morgan fingerprint density at radius 1 is 1.71 bits per heavy atom. The molecule has 0 aliphatic carbocycles. The van der Waals surface area contributed by atoms with Crippen molar-refractivity contribution in [2.45, 2.75) is 19.6 Å². The minimum absolute atomic E-state index is 0. The molecule has 1 heterocycles. The molecule has 1 unspecified atom stereocenters. The van der Waals surface area contributed by atoms with Crippen LogP contribution in [0.25, 0.3) is 0 Å². The lowest BCUT2D eigenvalue weighted by Crippen LogP contribution is -2.50. The second-order valence-corrected chi connectivity index (χ2v) is 2.86. The van der Waals surface area contributed by atoms with Crippen molar-refractivity contribution in [2.24, 2.45) is 4.99 Å². The van der Waals surface area contributed by atoms with Crippen molar-refractivity contribution in [2.75, 3.05) is 13.1 Å². The van der Waals surface area contributed by atoms with Gasteiger partial charge in [-0.05, 0) is 18.7 Å². The number of carbonyl (C=O) groups is 1. The van der Waals surface area contributed by atoms with Gasteiger partial charge in [0.1, 0.15) is 0 Å². The number of esters is 1. The van der Waals surface area contributed by atoms with E-state index in [-0.39, 0.29) is 18.4 Å². The third kappa shape index (κ3) is 3.47. The lowest BCUT2D eigenvalue weighted by molar-refractivity contribution is -0.154. The van der Waals surface area contributed by atoms with Crippen LogP contribution in [0.4, 0.5) is 0 Å². The minimum Gasteiger partial charge on any atom is -0.438 e. The molecular formula is C9H15ClN2O2. The second-order valence-electron chi connectivity index (χ2n) is 2.86. The number of rotatable bonds is 3. The largest absolute Gasteiger partial charge is 0.438 e. The summed E-state index contributed by atoms with van der Waals surface area (Å²) in [5.74, 6) is -0.303. The number of carbonyl (C=O) groups excluding carboxylic acids is 1. The SMILES string of the molecule is CCNC1(OC(C)=O)C=CC=NC1.Cl. The quantitative estimate of drug-likeness (QED) is 0.566. The van der Waals surface area contributed by atoms with Crippen molar-refractivity contribution in [1.29, 1.82) is 0 Å². The van der Waals surface area contributed by atoms with Gasteiger partial charge in [-0.3, -0.25) is 15.1 Å². The summed E-state index contributed by atoms with van der Waals surface area (Å²) < 4.78 is 5.17. The zero-order chi connectivity index (χ0) is 9.73. The number of ether oxygens (including phenoxy) is 1. The molecule has 1 aliphatic heterocycles. The van der Waals surface area contributed by atoms with Gasteiger partial charge in [0.2, 0.25) is 5.72 Å². The van der Waals surface area contributed by atoms with Crippen molar-refractivity contribution >= 4 is 24.6 Å². The zero-order valence-electron chi connectivity index (χ0n) is 8.32. The van der Waals surface area contributed by atoms with Crippen LogP contribution < -0.4 is 5.32 Å². The van der Waals surface area contributed by atoms with Crippen molar-refractivity contribution in [1.82, 2.24) is 5.32 Å². The summed E-state index contributed by atoms with van der Waals surface area (Å²) in [5.41, 5.74) is -0.727. The summed E-state index contributed by atoms with van der Waals surface area (Å²) in [6.45, 7) is 4.52. The minimum atomic E-state index is -0.727. The molecule has 0 saturated carbocycles. The van der Waals surface area contributed by atoms with Crippen molar-refractivity contribution in [3.8, 4) is 0 Å². The van der Waals surface area contributed by atoms with Crippen LogP contribution in [-0.4, -0.2) is 31.0 Å². The molecule has 0 saturated heterocycles. The summed E-state index contributed by atoms with van der Waals surface area (Å²) in [6, 6.07) is 0. The molecule has 0 bridgehead atoms. The highest BCUT2D eigenvalue weighted by atomic mass is 35.5. The number of halogens is 1. The standard InChI is InChI=1S/C9H14N2O2.ClH/c1-3-11-9(13-8(2)12)5-4-6-10-7-9;/h4-6,11H,3,7H2,1-2H3;1H. The number of aliphatic imine (C=N–C) groups is 1. The number of hydrogen-bond donors (Lipinski definition) is 1. The average Bonchev–Trinajstić information content (AvgIpc) is 2.04. The molecule has 4 nitrogen and oxygen atoms in total. The molecule has 5 heteroatoms. The van der Waals surface area contributed by atoms with Gasteiger partial charge in [0.15, 0.2) is 0 Å². The van der Waals surface area contributed by atoms with Crippen LogP contribution in [0.1, 0.15) is 13.8 Å². The van der Waals surface area contributed by atoms with E-state index in [4.69, 9.17) is 4.74 Å². The van der Waals surface area contributed by atoms with Gasteiger partial charge in [0.25, 0.3) is 0 Å². The number of likely N-dealkylation sites (N-methyl/N-ethyl adjacent to an activating group) is 1. The molecule has 80 valence electrons. The van der Waals surface area contributed by atoms with Crippen LogP contribution in [0.2, 0.25) is 0 Å². The monoisotopic (exact) mass is 218 g/mol. The van der Waals surface area contributed by atoms with Crippen LogP contribution in [0.15, 0.2) is 17.1 Å². The Hall–Kier alpha value is -0.870. The molecule has 0 spiro atoms. The van der Waals surface area contributed by atoms with Gasteiger partial charge in [0.05, 0.1) is 6.54 Å². The summed E-state index contributed by atoms with van der Waals surface area (Å²) in [6.07, 6.45) is 5.28. The molecule has 0 fully saturated rings. The summed E-state index contributed by atoms with van der Waals surface area (Å²) in [7, 11) is 0. The molecule has 1 aliphatic rings. The molecule has 0 amide bonds. The summed E-state index contributed by atoms with van der Waals surface area (Å²) in [4.78, 5) is 14.9. The molecule has 0 aromatic carbocycles. The third-order valence-electron chi connectivity index (χ3n) is 1.68. The fraction of sp³-hybridized carbons (Fsp3) is 0.556. The lowest BCUT2D eigenvalue weighted by atomic mass is 10.1. The third-order valence-corrected chi connectivity index (χ3v) is 1.68. The van der Waals surface area contributed by atoms with E-state index in [2.05, 4.69) is 10.3 Å². The van der Waals surface area contributed by atoms with E-state index in [1.165, 1.54) is 6.92 Å². The van der Waals surface area contributed by atoms with E-state index in [0.717, 1.165) is 6.54 Å². The van der Waals surface area contributed by atoms with Gasteiger partial charge in [-0.1, -0.05) is 6.92 Å². The highest BCUT2D eigenvalue weighted by Crippen LogP contribution is 2.12. The maximum atomic E-state index is 10.8. The Kier molecular flexibility index (Phi) is 5.42. The first kappa shape index (κ1) is 13.1. The van der Waals surface area contributed by atoms with Crippen molar-refractivity contribution in [3.63, 3.8) is 0 Å². The topological polar surface area (TPSA) is 50.7 Å². The van der Waals surface area contributed by atoms with Crippen LogP contribution in [0, 0.1) is 0 Å². The predicted molar refractivity (Wildman–Crippen MR) is 57.9 cm³/mol. The Balaban J connectivity index is 0.00000169.